The Morgan fingerprint density at radius 2 is 1.91 bits per heavy atom. The second-order valence-corrected chi connectivity index (χ2v) is 11.8. The number of hydrogen-bond acceptors (Lipinski definition) is 5. The minimum Gasteiger partial charge on any atom is -0.480 e. The van der Waals surface area contributed by atoms with Crippen LogP contribution in [0.15, 0.2) is 29.0 Å². The quantitative estimate of drug-likeness (QED) is 0.607. The highest BCUT2D eigenvalue weighted by Crippen LogP contribution is 2.66. The lowest BCUT2D eigenvalue weighted by molar-refractivity contribution is -0.150. The molecule has 0 aromatic rings. The van der Waals surface area contributed by atoms with Gasteiger partial charge in [-0.05, 0) is 93.6 Å². The summed E-state index contributed by atoms with van der Waals surface area (Å²) in [6, 6.07) is -0.753. The summed E-state index contributed by atoms with van der Waals surface area (Å²) in [7, 11) is 0. The molecule has 5 rings (SSSR count). The molecule has 7 nitrogen and oxygen atoms in total. The number of oxime groups is 1. The van der Waals surface area contributed by atoms with Gasteiger partial charge in [-0.15, -0.1) is 0 Å². The average molecular weight is 471 g/mol. The third kappa shape index (κ3) is 3.53. The summed E-state index contributed by atoms with van der Waals surface area (Å²) in [6.45, 7) is 6.92. The van der Waals surface area contributed by atoms with E-state index in [-0.39, 0.29) is 23.3 Å². The van der Waals surface area contributed by atoms with E-state index in [0.717, 1.165) is 38.5 Å². The number of nitrogens with zero attached hydrogens (tertiary/aromatic N) is 2. The van der Waals surface area contributed by atoms with Crippen molar-refractivity contribution in [2.24, 2.45) is 33.7 Å². The summed E-state index contributed by atoms with van der Waals surface area (Å²) < 4.78 is 0. The maximum Gasteiger partial charge on any atom is 0.326 e. The number of fused-ring (bicyclic) bond motifs is 5. The van der Waals surface area contributed by atoms with Crippen LogP contribution in [0, 0.1) is 28.6 Å². The fourth-order valence-electron chi connectivity index (χ4n) is 8.07. The molecule has 1 aliphatic heterocycles. The van der Waals surface area contributed by atoms with Crippen LogP contribution in [0.3, 0.4) is 0 Å². The molecular weight excluding hydrogens is 432 g/mol. The second-order valence-electron chi connectivity index (χ2n) is 11.8. The number of aliphatic hydroxyl groups is 1. The van der Waals surface area contributed by atoms with Crippen LogP contribution in [-0.2, 0) is 14.4 Å². The van der Waals surface area contributed by atoms with E-state index in [0.29, 0.717) is 42.9 Å². The molecule has 7 atom stereocenters. The predicted molar refractivity (Wildman–Crippen MR) is 128 cm³/mol. The molecule has 34 heavy (non-hydrogen) atoms. The van der Waals surface area contributed by atoms with Gasteiger partial charge in [0.05, 0.1) is 5.60 Å². The number of carboxylic acids is 1. The molecule has 1 heterocycles. The molecule has 1 saturated heterocycles. The van der Waals surface area contributed by atoms with Crippen LogP contribution in [0.1, 0.15) is 72.1 Å². The summed E-state index contributed by atoms with van der Waals surface area (Å²) in [5.74, 6) is 0.496. The van der Waals surface area contributed by atoms with Crippen LogP contribution in [0.2, 0.25) is 0 Å². The van der Waals surface area contributed by atoms with E-state index >= 15 is 0 Å². The molecule has 2 N–H and O–H groups in total. The number of amides is 1. The molecule has 4 fully saturated rings. The highest BCUT2D eigenvalue weighted by Gasteiger charge is 2.62. The predicted octanol–water partition coefficient (Wildman–Crippen LogP) is 3.92. The number of carbonyl (C=O) groups is 2. The van der Waals surface area contributed by atoms with Gasteiger partial charge in [0.25, 0.3) is 5.91 Å². The van der Waals surface area contributed by atoms with Gasteiger partial charge in [-0.3, -0.25) is 4.79 Å². The molecule has 5 aliphatic rings. The second kappa shape index (κ2) is 8.21. The molecule has 186 valence electrons. The number of likely N-dealkylation sites (tertiary alicyclic amines) is 1. The number of rotatable bonds is 4. The topological polar surface area (TPSA) is 99.4 Å². The van der Waals surface area contributed by atoms with E-state index in [1.54, 1.807) is 0 Å². The largest absolute Gasteiger partial charge is 0.480 e. The highest BCUT2D eigenvalue weighted by molar-refractivity contribution is 6.05. The first kappa shape index (κ1) is 23.6. The summed E-state index contributed by atoms with van der Waals surface area (Å²) in [5, 5.41) is 24.6. The minimum absolute atomic E-state index is 0.00219. The lowest BCUT2D eigenvalue weighted by Crippen LogP contribution is -2.53. The van der Waals surface area contributed by atoms with Crippen LogP contribution in [0.4, 0.5) is 0 Å². The SMILES string of the molecule is CC12C=CC(=NOCC(=O)N3CCCC3C(=O)O)C=C1CCC1C2CCC2(C)C1CCC2(C)O. The molecule has 0 aromatic carbocycles. The first-order chi connectivity index (χ1) is 16.1. The first-order valence-electron chi connectivity index (χ1n) is 12.9. The maximum absolute atomic E-state index is 12.4. The molecule has 0 bridgehead atoms. The van der Waals surface area contributed by atoms with Gasteiger partial charge in [0.15, 0.2) is 6.61 Å². The molecule has 3 saturated carbocycles. The van der Waals surface area contributed by atoms with Crippen LogP contribution >= 0.6 is 0 Å². The fourth-order valence-corrected chi connectivity index (χ4v) is 8.07. The normalized spacial score (nSPS) is 44.3. The van der Waals surface area contributed by atoms with Gasteiger partial charge in [-0.2, -0.15) is 0 Å². The molecular formula is C27H38N2O5. The van der Waals surface area contributed by atoms with E-state index in [1.807, 2.05) is 13.0 Å². The Balaban J connectivity index is 1.25. The molecule has 1 amide bonds. The standard InChI is InChI=1S/C27H38N2O5/c1-25-11-8-18(28-34-16-23(30)29-14-4-5-22(29)24(31)32)15-17(25)6-7-19-20(25)9-12-26(2)21(19)10-13-27(26,3)33/h8,11,15,19-22,33H,4-7,9-10,12-14,16H2,1-3H3,(H,31,32). The Bertz CT molecular complexity index is 968. The smallest absolute Gasteiger partial charge is 0.326 e. The maximum atomic E-state index is 12.4. The van der Waals surface area contributed by atoms with Crippen molar-refractivity contribution in [3.8, 4) is 0 Å². The van der Waals surface area contributed by atoms with Gasteiger partial charge in [-0.25, -0.2) is 4.79 Å². The minimum atomic E-state index is -0.962. The number of hydrogen-bond donors (Lipinski definition) is 2. The van der Waals surface area contributed by atoms with E-state index < -0.39 is 17.6 Å². The Hall–Kier alpha value is -2.15. The van der Waals surface area contributed by atoms with E-state index in [9.17, 15) is 19.8 Å². The third-order valence-electron chi connectivity index (χ3n) is 10.3. The summed E-state index contributed by atoms with van der Waals surface area (Å²) in [4.78, 5) is 30.5. The van der Waals surface area contributed by atoms with Crippen LogP contribution in [0.5, 0.6) is 0 Å². The van der Waals surface area contributed by atoms with Crippen molar-refractivity contribution >= 4 is 17.6 Å². The van der Waals surface area contributed by atoms with E-state index in [1.165, 1.54) is 10.5 Å². The zero-order valence-corrected chi connectivity index (χ0v) is 20.6. The average Bonchev–Trinajstić information content (AvgIpc) is 3.37. The number of allylic oxidation sites excluding steroid dienone is 4. The summed E-state index contributed by atoms with van der Waals surface area (Å²) in [5.41, 5.74) is 1.54. The zero-order valence-electron chi connectivity index (χ0n) is 20.6. The lowest BCUT2D eigenvalue weighted by atomic mass is 9.47. The Labute approximate surface area is 201 Å². The third-order valence-corrected chi connectivity index (χ3v) is 10.3. The molecule has 7 heteroatoms. The van der Waals surface area contributed by atoms with E-state index in [2.05, 4.69) is 31.2 Å². The number of aliphatic carboxylic acids is 1. The van der Waals surface area contributed by atoms with Crippen molar-refractivity contribution in [2.75, 3.05) is 13.2 Å². The van der Waals surface area contributed by atoms with Gasteiger partial charge in [0.2, 0.25) is 0 Å². The number of carboxylic acid groups (broad SMARTS) is 1. The Morgan fingerprint density at radius 3 is 2.68 bits per heavy atom. The molecule has 0 aromatic heterocycles. The van der Waals surface area contributed by atoms with Crippen molar-refractivity contribution in [3.63, 3.8) is 0 Å². The van der Waals surface area contributed by atoms with Gasteiger partial charge in [-0.1, -0.05) is 30.7 Å². The summed E-state index contributed by atoms with van der Waals surface area (Å²) >= 11 is 0. The highest BCUT2D eigenvalue weighted by atomic mass is 16.6. The van der Waals surface area contributed by atoms with Gasteiger partial charge in [0.1, 0.15) is 11.8 Å². The van der Waals surface area contributed by atoms with Crippen LogP contribution in [0.25, 0.3) is 0 Å². The molecule has 7 unspecified atom stereocenters. The van der Waals surface area contributed by atoms with Crippen molar-refractivity contribution < 1.29 is 24.6 Å². The molecule has 0 radical (unpaired) electrons. The van der Waals surface area contributed by atoms with Crippen molar-refractivity contribution in [1.29, 1.82) is 0 Å². The fraction of sp³-hybridized carbons (Fsp3) is 0.741. The Kier molecular flexibility index (Phi) is 5.70. The van der Waals surface area contributed by atoms with E-state index in [4.69, 9.17) is 4.84 Å². The Morgan fingerprint density at radius 1 is 1.15 bits per heavy atom. The van der Waals surface area contributed by atoms with Gasteiger partial charge < -0.3 is 20.0 Å². The number of carbonyl (C=O) groups excluding carboxylic acids is 1. The molecule has 4 aliphatic carbocycles. The van der Waals surface area contributed by atoms with Gasteiger partial charge >= 0.3 is 5.97 Å². The van der Waals surface area contributed by atoms with Crippen molar-refractivity contribution in [1.82, 2.24) is 4.90 Å². The molecule has 0 spiro atoms. The van der Waals surface area contributed by atoms with Crippen molar-refractivity contribution in [3.05, 3.63) is 23.8 Å². The lowest BCUT2D eigenvalue weighted by Gasteiger charge is -2.58. The first-order valence-corrected chi connectivity index (χ1v) is 12.9. The zero-order chi connectivity index (χ0) is 24.3. The summed E-state index contributed by atoms with van der Waals surface area (Å²) in [6.07, 6.45) is 14.0. The van der Waals surface area contributed by atoms with Crippen LogP contribution < -0.4 is 0 Å². The van der Waals surface area contributed by atoms with Crippen LogP contribution in [-0.4, -0.2) is 57.5 Å². The van der Waals surface area contributed by atoms with Crippen molar-refractivity contribution in [2.45, 2.75) is 83.8 Å². The van der Waals surface area contributed by atoms with Gasteiger partial charge in [0, 0.05) is 12.0 Å². The monoisotopic (exact) mass is 470 g/mol.